The van der Waals surface area contributed by atoms with Crippen molar-refractivity contribution in [3.05, 3.63) is 58.7 Å². The van der Waals surface area contributed by atoms with E-state index in [0.717, 1.165) is 37.6 Å². The molecule has 3 aromatic heterocycles. The number of hydrogen-bond acceptors (Lipinski definition) is 8. The van der Waals surface area contributed by atoms with E-state index >= 15 is 4.39 Å². The van der Waals surface area contributed by atoms with Gasteiger partial charge >= 0.3 is 6.03 Å². The number of fused-ring (bicyclic) bond motifs is 1. The Kier molecular flexibility index (Phi) is 7.89. The van der Waals surface area contributed by atoms with E-state index in [9.17, 15) is 14.4 Å². The van der Waals surface area contributed by atoms with Gasteiger partial charge in [-0.25, -0.2) is 23.1 Å². The number of halogens is 2. The summed E-state index contributed by atoms with van der Waals surface area (Å²) >= 11 is 1.24. The van der Waals surface area contributed by atoms with Gasteiger partial charge in [-0.15, -0.1) is 0 Å². The molecule has 0 aliphatic carbocycles. The molecule has 1 aromatic carbocycles. The summed E-state index contributed by atoms with van der Waals surface area (Å²) in [5.74, 6) is -0.745. The Morgan fingerprint density at radius 1 is 1.05 bits per heavy atom. The molecule has 43 heavy (non-hydrogen) atoms. The van der Waals surface area contributed by atoms with Crippen molar-refractivity contribution in [3.8, 4) is 17.3 Å². The second kappa shape index (κ2) is 11.8. The Balaban J connectivity index is 1.27. The fraction of sp³-hybridized carbons (Fsp3) is 0.400. The van der Waals surface area contributed by atoms with Crippen LogP contribution in [0.1, 0.15) is 17.5 Å². The number of aryl methyl sites for hydroxylation is 1. The lowest BCUT2D eigenvalue weighted by atomic mass is 10.1. The minimum Gasteiger partial charge on any atom is -0.366 e. The molecule has 2 aliphatic rings. The Bertz CT molecular complexity index is 1680. The summed E-state index contributed by atoms with van der Waals surface area (Å²) < 4.78 is 30.6. The zero-order valence-electron chi connectivity index (χ0n) is 24.4. The average Bonchev–Trinajstić information content (AvgIpc) is 3.62. The number of likely N-dealkylation sites (N-methyl/N-ethyl adjacent to an activating group) is 1. The Labute approximate surface area is 252 Å². The molecule has 0 saturated carbocycles. The predicted octanol–water partition coefficient (Wildman–Crippen LogP) is 4.43. The number of hydrogen-bond donors (Lipinski definition) is 0. The number of nitrogens with zero attached hydrogens (tertiary/aromatic N) is 9. The Morgan fingerprint density at radius 3 is 2.33 bits per heavy atom. The molecule has 0 atom stereocenters. The maximum atomic E-state index is 15.5. The van der Waals surface area contributed by atoms with Crippen molar-refractivity contribution >= 4 is 39.4 Å². The number of piperazine rings is 2. The summed E-state index contributed by atoms with van der Waals surface area (Å²) in [5.41, 5.74) is 3.85. The van der Waals surface area contributed by atoms with Gasteiger partial charge in [-0.3, -0.25) is 0 Å². The topological polar surface area (TPSA) is 87.2 Å². The molecule has 0 radical (unpaired) electrons. The summed E-state index contributed by atoms with van der Waals surface area (Å²) in [7, 11) is 3.92. The number of pyridine rings is 1. The van der Waals surface area contributed by atoms with E-state index in [0.29, 0.717) is 65.1 Å². The number of carbonyl (C=O) groups excluding carboxylic acids is 1. The van der Waals surface area contributed by atoms with Crippen LogP contribution < -0.4 is 9.80 Å². The van der Waals surface area contributed by atoms with E-state index < -0.39 is 0 Å². The number of benzene rings is 1. The highest BCUT2D eigenvalue weighted by atomic mass is 32.1. The molecular formula is C30H33F2N9OS. The normalized spacial score (nSPS) is 16.1. The van der Waals surface area contributed by atoms with E-state index in [4.69, 9.17) is 4.98 Å². The number of carbonyl (C=O) groups is 1. The molecule has 0 N–H and O–H groups in total. The highest BCUT2D eigenvalue weighted by Crippen LogP contribution is 2.39. The first-order chi connectivity index (χ1) is 20.8. The second-order valence-electron chi connectivity index (χ2n) is 10.9. The molecule has 2 aliphatic heterocycles. The van der Waals surface area contributed by atoms with Crippen molar-refractivity contribution in [3.63, 3.8) is 0 Å². The minimum atomic E-state index is -0.384. The fourth-order valence-electron chi connectivity index (χ4n) is 5.70. The zero-order chi connectivity index (χ0) is 30.2. The lowest BCUT2D eigenvalue weighted by Crippen LogP contribution is -2.56. The fourth-order valence-corrected chi connectivity index (χ4v) is 6.56. The van der Waals surface area contributed by atoms with Gasteiger partial charge in [0, 0.05) is 65.0 Å². The molecule has 4 aromatic rings. The summed E-state index contributed by atoms with van der Waals surface area (Å²) in [5, 5.41) is 15.0. The predicted molar refractivity (Wildman–Crippen MR) is 163 cm³/mol. The molecule has 224 valence electrons. The van der Waals surface area contributed by atoms with Crippen LogP contribution in [0.5, 0.6) is 0 Å². The van der Waals surface area contributed by atoms with Gasteiger partial charge in [0.1, 0.15) is 22.5 Å². The van der Waals surface area contributed by atoms with Crippen LogP contribution in [-0.4, -0.2) is 102 Å². The number of anilines is 3. The number of urea groups is 1. The van der Waals surface area contributed by atoms with Crippen LogP contribution in [0.15, 0.2) is 36.5 Å². The molecule has 2 amide bonds. The summed E-state index contributed by atoms with van der Waals surface area (Å²) in [6, 6.07) is 9.98. The standard InChI is InChI=1S/C30H33F2N9OS/c1-4-23-28(37(3)29-34-27(26(18-33)43-29)20-5-7-21(31)8-6-20)25-17-24(22(32)19-41(25)35-23)38-13-15-40(16-14-38)30(42)39-11-9-36(2)10-12-39/h5-8,17,19H,4,9-16H2,1-3H3. The molecule has 5 heterocycles. The van der Waals surface area contributed by atoms with Crippen molar-refractivity contribution < 1.29 is 13.6 Å². The smallest absolute Gasteiger partial charge is 0.320 e. The third-order valence-corrected chi connectivity index (χ3v) is 9.24. The van der Waals surface area contributed by atoms with Crippen LogP contribution in [0.2, 0.25) is 0 Å². The minimum absolute atomic E-state index is 0.0520. The maximum absolute atomic E-state index is 15.5. The summed E-state index contributed by atoms with van der Waals surface area (Å²) in [6.07, 6.45) is 2.00. The largest absolute Gasteiger partial charge is 0.366 e. The molecular weight excluding hydrogens is 572 g/mol. The van der Waals surface area contributed by atoms with E-state index in [-0.39, 0.29) is 17.7 Å². The van der Waals surface area contributed by atoms with Crippen molar-refractivity contribution in [2.75, 3.05) is 76.3 Å². The van der Waals surface area contributed by atoms with Crippen LogP contribution >= 0.6 is 11.3 Å². The third-order valence-electron chi connectivity index (χ3n) is 8.20. The first-order valence-corrected chi connectivity index (χ1v) is 15.2. The van der Waals surface area contributed by atoms with E-state index in [1.165, 1.54) is 29.7 Å². The van der Waals surface area contributed by atoms with Gasteiger partial charge in [0.25, 0.3) is 0 Å². The maximum Gasteiger partial charge on any atom is 0.320 e. The third kappa shape index (κ3) is 5.48. The van der Waals surface area contributed by atoms with Crippen molar-refractivity contribution in [2.24, 2.45) is 0 Å². The number of aromatic nitrogens is 3. The van der Waals surface area contributed by atoms with Gasteiger partial charge in [0.05, 0.1) is 28.8 Å². The highest BCUT2D eigenvalue weighted by molar-refractivity contribution is 7.16. The summed E-state index contributed by atoms with van der Waals surface area (Å²) in [6.45, 7) is 7.23. The molecule has 10 nitrogen and oxygen atoms in total. The van der Waals surface area contributed by atoms with Crippen LogP contribution in [0, 0.1) is 23.0 Å². The van der Waals surface area contributed by atoms with E-state index in [1.54, 1.807) is 16.6 Å². The van der Waals surface area contributed by atoms with Gasteiger partial charge in [-0.1, -0.05) is 18.3 Å². The molecule has 0 unspecified atom stereocenters. The van der Waals surface area contributed by atoms with Gasteiger partial charge < -0.3 is 24.5 Å². The molecule has 2 fully saturated rings. The average molecular weight is 606 g/mol. The second-order valence-corrected chi connectivity index (χ2v) is 11.9. The molecule has 13 heteroatoms. The lowest BCUT2D eigenvalue weighted by molar-refractivity contribution is 0.120. The molecule has 2 saturated heterocycles. The van der Waals surface area contributed by atoms with Crippen LogP contribution in [-0.2, 0) is 6.42 Å². The van der Waals surface area contributed by atoms with Gasteiger partial charge in [0.15, 0.2) is 10.9 Å². The summed E-state index contributed by atoms with van der Waals surface area (Å²) in [4.78, 5) is 28.1. The number of rotatable bonds is 5. The SMILES string of the molecule is CCc1nn2cc(F)c(N3CCN(C(=O)N4CCN(C)CC4)CC3)cc2c1N(C)c1nc(-c2ccc(F)cc2)c(C#N)s1. The van der Waals surface area contributed by atoms with Gasteiger partial charge in [-0.2, -0.15) is 10.4 Å². The van der Waals surface area contributed by atoms with Crippen LogP contribution in [0.3, 0.4) is 0 Å². The van der Waals surface area contributed by atoms with Crippen molar-refractivity contribution in [1.82, 2.24) is 29.3 Å². The first-order valence-electron chi connectivity index (χ1n) is 14.4. The van der Waals surface area contributed by atoms with E-state index in [2.05, 4.69) is 23.1 Å². The molecule has 6 rings (SSSR count). The highest BCUT2D eigenvalue weighted by Gasteiger charge is 2.29. The van der Waals surface area contributed by atoms with E-state index in [1.807, 2.05) is 39.6 Å². The quantitative estimate of drug-likeness (QED) is 0.333. The number of nitriles is 1. The zero-order valence-corrected chi connectivity index (χ0v) is 25.2. The Morgan fingerprint density at radius 2 is 1.70 bits per heavy atom. The van der Waals surface area contributed by atoms with Gasteiger partial charge in [-0.05, 0) is 43.8 Å². The lowest BCUT2D eigenvalue weighted by Gasteiger charge is -2.40. The first kappa shape index (κ1) is 28.8. The van der Waals surface area contributed by atoms with Crippen molar-refractivity contribution in [2.45, 2.75) is 13.3 Å². The number of thiazole rings is 1. The van der Waals surface area contributed by atoms with Crippen molar-refractivity contribution in [1.29, 1.82) is 5.26 Å². The monoisotopic (exact) mass is 605 g/mol. The van der Waals surface area contributed by atoms with Gasteiger partial charge in [0.2, 0.25) is 0 Å². The molecule has 0 bridgehead atoms. The molecule has 0 spiro atoms. The Hall–Kier alpha value is -4.28. The van der Waals surface area contributed by atoms with Crippen LogP contribution in [0.4, 0.5) is 30.1 Å². The number of amides is 2. The van der Waals surface area contributed by atoms with Crippen LogP contribution in [0.25, 0.3) is 16.8 Å².